The third kappa shape index (κ3) is 2.35. The van der Waals surface area contributed by atoms with Crippen LogP contribution in [0.1, 0.15) is 11.3 Å². The molecule has 2 saturated heterocycles. The minimum Gasteiger partial charge on any atom is -0.360 e. The maximum Gasteiger partial charge on any atom is 0.235 e. The number of anilines is 2. The Kier molecular flexibility index (Phi) is 3.33. The van der Waals surface area contributed by atoms with Crippen LogP contribution in [0.5, 0.6) is 0 Å². The van der Waals surface area contributed by atoms with Gasteiger partial charge in [0.25, 0.3) is 0 Å². The second-order valence-electron chi connectivity index (χ2n) is 7.48. The second-order valence-corrected chi connectivity index (χ2v) is 7.48. The third-order valence-corrected chi connectivity index (χ3v) is 5.61. The number of fused-ring (bicyclic) bond motifs is 1. The van der Waals surface area contributed by atoms with Gasteiger partial charge in [-0.15, -0.1) is 0 Å². The lowest BCUT2D eigenvalue weighted by Gasteiger charge is -2.23. The van der Waals surface area contributed by atoms with Crippen LogP contribution < -0.4 is 10.2 Å². The van der Waals surface area contributed by atoms with Crippen LogP contribution in [0.4, 0.5) is 11.5 Å². The van der Waals surface area contributed by atoms with Gasteiger partial charge in [-0.3, -0.25) is 14.5 Å². The second kappa shape index (κ2) is 5.53. The lowest BCUT2D eigenvalue weighted by Crippen LogP contribution is -2.41. The van der Waals surface area contributed by atoms with Crippen molar-refractivity contribution in [2.75, 3.05) is 16.8 Å². The van der Waals surface area contributed by atoms with Gasteiger partial charge in [-0.1, -0.05) is 35.0 Å². The summed E-state index contributed by atoms with van der Waals surface area (Å²) in [4.78, 5) is 27.7. The van der Waals surface area contributed by atoms with Crippen LogP contribution in [0.2, 0.25) is 0 Å². The van der Waals surface area contributed by atoms with Crippen LogP contribution in [0, 0.1) is 25.7 Å². The number of carbonyl (C=O) groups is 2. The summed E-state index contributed by atoms with van der Waals surface area (Å²) in [5.74, 6) is -0.399. The van der Waals surface area contributed by atoms with E-state index in [4.69, 9.17) is 9.26 Å². The van der Waals surface area contributed by atoms with E-state index in [1.54, 1.807) is 17.9 Å². The first-order valence-corrected chi connectivity index (χ1v) is 8.96. The number of aromatic nitrogens is 1. The molecule has 138 valence electrons. The van der Waals surface area contributed by atoms with E-state index >= 15 is 0 Å². The van der Waals surface area contributed by atoms with Crippen molar-refractivity contribution in [1.29, 1.82) is 0 Å². The summed E-state index contributed by atoms with van der Waals surface area (Å²) in [5, 5.41) is 6.88. The Bertz CT molecular complexity index is 964. The zero-order valence-electron chi connectivity index (χ0n) is 15.0. The molecule has 1 aromatic carbocycles. The Morgan fingerprint density at radius 1 is 1.30 bits per heavy atom. The monoisotopic (exact) mass is 365 g/mol. The van der Waals surface area contributed by atoms with Gasteiger partial charge in [0.2, 0.25) is 11.8 Å². The van der Waals surface area contributed by atoms with Crippen molar-refractivity contribution in [3.63, 3.8) is 0 Å². The Labute approximate surface area is 156 Å². The SMILES string of the molecule is Cc1ccc(NC(=O)[C@H]2[C@H]3C(=O)N(c4cc(C)on4)C[C@@]34C=C[C@H]2O4)cc1. The van der Waals surface area contributed by atoms with Gasteiger partial charge in [0.1, 0.15) is 11.4 Å². The number of aryl methyl sites for hydroxylation is 2. The molecule has 2 amide bonds. The number of rotatable bonds is 3. The van der Waals surface area contributed by atoms with Gasteiger partial charge in [0, 0.05) is 11.8 Å². The fraction of sp³-hybridized carbons (Fsp3) is 0.350. The molecular weight excluding hydrogens is 346 g/mol. The number of hydrogen-bond acceptors (Lipinski definition) is 5. The number of nitrogens with zero attached hydrogens (tertiary/aromatic N) is 2. The quantitative estimate of drug-likeness (QED) is 0.843. The summed E-state index contributed by atoms with van der Waals surface area (Å²) in [6.07, 6.45) is 3.43. The molecule has 0 radical (unpaired) electrons. The molecule has 4 atom stereocenters. The normalized spacial score (nSPS) is 30.8. The summed E-state index contributed by atoms with van der Waals surface area (Å²) in [7, 11) is 0. The van der Waals surface area contributed by atoms with Crippen LogP contribution in [-0.2, 0) is 14.3 Å². The highest BCUT2D eigenvalue weighted by Gasteiger charge is 2.67. The molecule has 2 fully saturated rings. The predicted octanol–water partition coefficient (Wildman–Crippen LogP) is 2.22. The van der Waals surface area contributed by atoms with E-state index in [-0.39, 0.29) is 17.9 Å². The van der Waals surface area contributed by atoms with E-state index in [2.05, 4.69) is 10.5 Å². The van der Waals surface area contributed by atoms with Gasteiger partial charge in [-0.2, -0.15) is 0 Å². The maximum atomic E-state index is 13.1. The molecule has 7 heteroatoms. The predicted molar refractivity (Wildman–Crippen MR) is 97.1 cm³/mol. The van der Waals surface area contributed by atoms with Gasteiger partial charge in [-0.05, 0) is 26.0 Å². The standard InChI is InChI=1S/C20H19N3O4/c1-11-3-5-13(6-4-11)21-18(24)16-14-7-8-20(26-14)10-23(19(25)17(16)20)15-9-12(2)27-22-15/h3-9,14,16-17H,10H2,1-2H3,(H,21,24)/t14-,16-,17+,20+/m1/s1. The summed E-state index contributed by atoms with van der Waals surface area (Å²) < 4.78 is 11.2. The van der Waals surface area contributed by atoms with Gasteiger partial charge in [0.05, 0.1) is 24.5 Å². The van der Waals surface area contributed by atoms with E-state index in [1.807, 2.05) is 43.3 Å². The van der Waals surface area contributed by atoms with Crippen molar-refractivity contribution in [3.8, 4) is 0 Å². The fourth-order valence-electron chi connectivity index (χ4n) is 4.33. The first-order chi connectivity index (χ1) is 13.0. The average molecular weight is 365 g/mol. The zero-order chi connectivity index (χ0) is 18.8. The van der Waals surface area contributed by atoms with Crippen molar-refractivity contribution in [2.24, 2.45) is 11.8 Å². The van der Waals surface area contributed by atoms with Gasteiger partial charge >= 0.3 is 0 Å². The molecule has 1 spiro atoms. The van der Waals surface area contributed by atoms with Gasteiger partial charge < -0.3 is 14.6 Å². The molecule has 27 heavy (non-hydrogen) atoms. The van der Waals surface area contributed by atoms with Crippen molar-refractivity contribution in [3.05, 3.63) is 53.8 Å². The van der Waals surface area contributed by atoms with Crippen LogP contribution >= 0.6 is 0 Å². The summed E-state index contributed by atoms with van der Waals surface area (Å²) >= 11 is 0. The van der Waals surface area contributed by atoms with Crippen LogP contribution in [0.15, 0.2) is 47.0 Å². The molecule has 5 rings (SSSR count). The zero-order valence-corrected chi connectivity index (χ0v) is 15.0. The van der Waals surface area contributed by atoms with Crippen molar-refractivity contribution in [2.45, 2.75) is 25.6 Å². The van der Waals surface area contributed by atoms with Crippen molar-refractivity contribution < 1.29 is 18.8 Å². The largest absolute Gasteiger partial charge is 0.360 e. The molecule has 2 bridgehead atoms. The highest BCUT2D eigenvalue weighted by atomic mass is 16.5. The number of ether oxygens (including phenoxy) is 1. The molecule has 2 aromatic rings. The van der Waals surface area contributed by atoms with E-state index in [0.29, 0.717) is 23.8 Å². The molecule has 0 unspecified atom stereocenters. The number of nitrogens with one attached hydrogen (secondary N) is 1. The van der Waals surface area contributed by atoms with Crippen molar-refractivity contribution >= 4 is 23.3 Å². The Morgan fingerprint density at radius 2 is 2.07 bits per heavy atom. The average Bonchev–Trinajstić information content (AvgIpc) is 3.38. The summed E-state index contributed by atoms with van der Waals surface area (Å²) in [6, 6.07) is 9.29. The summed E-state index contributed by atoms with van der Waals surface area (Å²) in [6.45, 7) is 4.10. The number of benzene rings is 1. The lowest BCUT2D eigenvalue weighted by atomic mass is 9.77. The number of carbonyl (C=O) groups excluding carboxylic acids is 2. The van der Waals surface area contributed by atoms with Gasteiger partial charge in [-0.25, -0.2) is 0 Å². The first kappa shape index (κ1) is 16.3. The van der Waals surface area contributed by atoms with E-state index in [9.17, 15) is 9.59 Å². The fourth-order valence-corrected chi connectivity index (χ4v) is 4.33. The van der Waals surface area contributed by atoms with Gasteiger partial charge in [0.15, 0.2) is 5.82 Å². The Morgan fingerprint density at radius 3 is 2.78 bits per heavy atom. The van der Waals surface area contributed by atoms with Crippen molar-refractivity contribution in [1.82, 2.24) is 5.16 Å². The molecule has 3 aliphatic rings. The van der Waals surface area contributed by atoms with E-state index in [1.165, 1.54) is 0 Å². The number of amides is 2. The van der Waals surface area contributed by atoms with Crippen LogP contribution in [0.3, 0.4) is 0 Å². The van der Waals surface area contributed by atoms with Crippen LogP contribution in [0.25, 0.3) is 0 Å². The van der Waals surface area contributed by atoms with E-state index in [0.717, 1.165) is 5.56 Å². The molecule has 7 nitrogen and oxygen atoms in total. The molecule has 3 aliphatic heterocycles. The first-order valence-electron chi connectivity index (χ1n) is 8.96. The molecule has 1 aromatic heterocycles. The Hall–Kier alpha value is -2.93. The minimum absolute atomic E-state index is 0.154. The third-order valence-electron chi connectivity index (χ3n) is 5.61. The molecule has 4 heterocycles. The minimum atomic E-state index is -0.774. The maximum absolute atomic E-state index is 13.1. The summed E-state index contributed by atoms with van der Waals surface area (Å²) in [5.41, 5.74) is 1.05. The highest BCUT2D eigenvalue weighted by molar-refractivity contribution is 6.05. The van der Waals surface area contributed by atoms with Crippen LogP contribution in [-0.4, -0.2) is 35.2 Å². The van der Waals surface area contributed by atoms with E-state index < -0.39 is 17.4 Å². The highest BCUT2D eigenvalue weighted by Crippen LogP contribution is 2.52. The molecule has 1 N–H and O–H groups in total. The smallest absolute Gasteiger partial charge is 0.235 e. The topological polar surface area (TPSA) is 84.7 Å². The number of hydrogen-bond donors (Lipinski definition) is 1. The molecule has 0 saturated carbocycles. The molecular formula is C20H19N3O4. The Balaban J connectivity index is 1.43. The lowest BCUT2D eigenvalue weighted by molar-refractivity contribution is -0.128. The molecule has 0 aliphatic carbocycles.